The molecular weight excluding hydrogens is 512 g/mol. The molecule has 2 aromatic rings. The molecule has 0 radical (unpaired) electrons. The number of likely N-dealkylation sites (N-methyl/N-ethyl adjacent to an activating group) is 1. The zero-order valence-electron chi connectivity index (χ0n) is 23.2. The van der Waals surface area contributed by atoms with E-state index < -0.39 is 15.8 Å². The summed E-state index contributed by atoms with van der Waals surface area (Å²) in [6, 6.07) is 14.5. The zero-order chi connectivity index (χ0) is 28.9. The maximum absolute atomic E-state index is 10.2. The molecule has 2 N–H and O–H groups in total. The molecule has 0 aliphatic carbocycles. The normalized spacial score (nSPS) is 12.7. The Hall–Kier alpha value is -3.04. The summed E-state index contributed by atoms with van der Waals surface area (Å²) in [5.41, 5.74) is 1.60. The van der Waals surface area contributed by atoms with E-state index in [0.29, 0.717) is 11.5 Å². The second-order valence-corrected chi connectivity index (χ2v) is 10.00. The molecule has 0 amide bonds. The molecule has 38 heavy (non-hydrogen) atoms. The van der Waals surface area contributed by atoms with Gasteiger partial charge in [-0.3, -0.25) is 9.11 Å². The van der Waals surface area contributed by atoms with E-state index in [1.54, 1.807) is 28.4 Å². The highest BCUT2D eigenvalue weighted by Crippen LogP contribution is 2.40. The van der Waals surface area contributed by atoms with E-state index in [1.165, 1.54) is 5.56 Å². The molecule has 2 aromatic carbocycles. The summed E-state index contributed by atoms with van der Waals surface area (Å²) in [6.45, 7) is 6.06. The van der Waals surface area contributed by atoms with Gasteiger partial charge in [0.15, 0.2) is 23.0 Å². The van der Waals surface area contributed by atoms with E-state index in [0.717, 1.165) is 49.4 Å². The lowest BCUT2D eigenvalue weighted by atomic mass is 9.69. The van der Waals surface area contributed by atoms with Crippen molar-refractivity contribution in [1.29, 1.82) is 5.26 Å². The summed E-state index contributed by atoms with van der Waals surface area (Å²) >= 11 is 0. The monoisotopic (exact) mass is 552 g/mol. The number of hydrogen-bond donors (Lipinski definition) is 2. The van der Waals surface area contributed by atoms with Crippen LogP contribution in [0, 0.1) is 17.2 Å². The van der Waals surface area contributed by atoms with Crippen molar-refractivity contribution in [3.8, 4) is 29.1 Å². The third kappa shape index (κ3) is 10.0. The number of benzene rings is 2. The van der Waals surface area contributed by atoms with Crippen molar-refractivity contribution in [3.63, 3.8) is 0 Å². The first kappa shape index (κ1) is 33.0. The second kappa shape index (κ2) is 15.4. The first-order valence-electron chi connectivity index (χ1n) is 12.1. The Labute approximate surface area is 226 Å². The van der Waals surface area contributed by atoms with Crippen LogP contribution < -0.4 is 18.9 Å². The molecule has 212 valence electrons. The molecule has 0 saturated heterocycles. The molecule has 0 bridgehead atoms. The molecule has 0 unspecified atom stereocenters. The second-order valence-electron chi connectivity index (χ2n) is 9.10. The predicted molar refractivity (Wildman–Crippen MR) is 146 cm³/mol. The van der Waals surface area contributed by atoms with Gasteiger partial charge in [-0.1, -0.05) is 26.0 Å². The molecule has 0 aliphatic rings. The Morgan fingerprint density at radius 2 is 1.39 bits per heavy atom. The number of methoxy groups -OCH3 is 4. The maximum atomic E-state index is 10.2. The van der Waals surface area contributed by atoms with Gasteiger partial charge in [-0.15, -0.1) is 0 Å². The largest absolute Gasteiger partial charge is 0.493 e. The van der Waals surface area contributed by atoms with Gasteiger partial charge in [0.2, 0.25) is 0 Å². The Morgan fingerprint density at radius 3 is 1.87 bits per heavy atom. The number of ether oxygens (including phenoxy) is 4. The Balaban J connectivity index is 0.00000132. The van der Waals surface area contributed by atoms with E-state index in [4.69, 9.17) is 36.5 Å². The fourth-order valence-corrected chi connectivity index (χ4v) is 4.23. The lowest BCUT2D eigenvalue weighted by Gasteiger charge is -2.32. The van der Waals surface area contributed by atoms with Gasteiger partial charge in [0.05, 0.1) is 39.9 Å². The molecule has 10 nitrogen and oxygen atoms in total. The molecule has 0 saturated carbocycles. The maximum Gasteiger partial charge on any atom is 0.394 e. The highest BCUT2D eigenvalue weighted by Gasteiger charge is 2.36. The lowest BCUT2D eigenvalue weighted by Crippen LogP contribution is -2.32. The predicted octanol–water partition coefficient (Wildman–Crippen LogP) is 4.44. The van der Waals surface area contributed by atoms with Crippen molar-refractivity contribution in [2.75, 3.05) is 48.6 Å². The minimum absolute atomic E-state index is 0.165. The summed E-state index contributed by atoms with van der Waals surface area (Å²) in [5.74, 6) is 2.99. The molecule has 1 atom stereocenters. The van der Waals surface area contributed by atoms with Crippen LogP contribution in [0.5, 0.6) is 23.0 Å². The molecule has 0 spiro atoms. The minimum Gasteiger partial charge on any atom is -0.493 e. The van der Waals surface area contributed by atoms with Crippen LogP contribution in [0.4, 0.5) is 0 Å². The van der Waals surface area contributed by atoms with Crippen LogP contribution in [0.3, 0.4) is 0 Å². The van der Waals surface area contributed by atoms with Crippen molar-refractivity contribution in [2.24, 2.45) is 5.92 Å². The third-order valence-electron chi connectivity index (χ3n) is 6.42. The summed E-state index contributed by atoms with van der Waals surface area (Å²) in [7, 11) is 4.00. The van der Waals surface area contributed by atoms with E-state index in [-0.39, 0.29) is 5.92 Å². The van der Waals surface area contributed by atoms with Crippen molar-refractivity contribution in [1.82, 2.24) is 4.90 Å². The van der Waals surface area contributed by atoms with E-state index >= 15 is 0 Å². The molecule has 11 heteroatoms. The standard InChI is InChI=1S/C27H38N2O4.H2O4S/c1-20(2)27(19-28,22-10-12-24(31-5)26(18-22)33-7)14-8-15-29(3)16-13-21-9-11-23(30-4)25(17-21)32-6;1-5(2,3)4/h9-12,17-18,20H,8,13-16H2,1-7H3;(H2,1,2,3,4)/t27-;/m0./s1. The van der Waals surface area contributed by atoms with Gasteiger partial charge in [0, 0.05) is 6.54 Å². The molecule has 0 aliphatic heterocycles. The Morgan fingerprint density at radius 1 is 0.895 bits per heavy atom. The van der Waals surface area contributed by atoms with Crippen LogP contribution in [-0.4, -0.2) is 71.0 Å². The molecule has 0 heterocycles. The highest BCUT2D eigenvalue weighted by atomic mass is 32.3. The minimum atomic E-state index is -4.67. The van der Waals surface area contributed by atoms with Crippen LogP contribution in [0.2, 0.25) is 0 Å². The van der Waals surface area contributed by atoms with E-state index in [9.17, 15) is 5.26 Å². The molecular formula is C27H40N2O8S. The summed E-state index contributed by atoms with van der Waals surface area (Å²) < 4.78 is 53.2. The highest BCUT2D eigenvalue weighted by molar-refractivity contribution is 7.79. The first-order valence-corrected chi connectivity index (χ1v) is 13.5. The van der Waals surface area contributed by atoms with Crippen molar-refractivity contribution >= 4 is 10.4 Å². The Bertz CT molecular complexity index is 1160. The van der Waals surface area contributed by atoms with Crippen LogP contribution in [-0.2, 0) is 22.2 Å². The number of rotatable bonds is 13. The van der Waals surface area contributed by atoms with Gasteiger partial charge >= 0.3 is 10.4 Å². The van der Waals surface area contributed by atoms with Gasteiger partial charge in [-0.25, -0.2) is 0 Å². The number of nitrogens with zero attached hydrogens (tertiary/aromatic N) is 2. The Kier molecular flexibility index (Phi) is 13.4. The molecule has 0 fully saturated rings. The zero-order valence-corrected chi connectivity index (χ0v) is 24.0. The van der Waals surface area contributed by atoms with E-state index in [1.807, 2.05) is 30.3 Å². The molecule has 2 rings (SSSR count). The summed E-state index contributed by atoms with van der Waals surface area (Å²) in [6.07, 6.45) is 2.61. The quantitative estimate of drug-likeness (QED) is 0.343. The van der Waals surface area contributed by atoms with Gasteiger partial charge in [-0.05, 0) is 74.2 Å². The summed E-state index contributed by atoms with van der Waals surface area (Å²) in [5, 5.41) is 10.2. The van der Waals surface area contributed by atoms with Crippen LogP contribution in [0.1, 0.15) is 37.8 Å². The van der Waals surface area contributed by atoms with Gasteiger partial charge in [0.25, 0.3) is 0 Å². The van der Waals surface area contributed by atoms with Crippen LogP contribution in [0.15, 0.2) is 36.4 Å². The fraction of sp³-hybridized carbons (Fsp3) is 0.519. The van der Waals surface area contributed by atoms with Gasteiger partial charge in [0.1, 0.15) is 0 Å². The fourth-order valence-electron chi connectivity index (χ4n) is 4.23. The van der Waals surface area contributed by atoms with E-state index in [2.05, 4.69) is 37.9 Å². The lowest BCUT2D eigenvalue weighted by molar-refractivity contribution is 0.292. The SMILES string of the molecule is COc1ccc(CCN(C)CCC[C@@](C#N)(c2ccc(OC)c(OC)c2)C(C)C)cc1OC.O=S(=O)(O)O. The summed E-state index contributed by atoms with van der Waals surface area (Å²) in [4.78, 5) is 2.31. The number of hydrogen-bond acceptors (Lipinski definition) is 8. The smallest absolute Gasteiger partial charge is 0.394 e. The third-order valence-corrected chi connectivity index (χ3v) is 6.42. The van der Waals surface area contributed by atoms with Crippen molar-refractivity contribution < 1.29 is 36.5 Å². The van der Waals surface area contributed by atoms with Crippen molar-refractivity contribution in [3.05, 3.63) is 47.5 Å². The van der Waals surface area contributed by atoms with Gasteiger partial charge in [-0.2, -0.15) is 13.7 Å². The van der Waals surface area contributed by atoms with Crippen LogP contribution >= 0.6 is 0 Å². The average molecular weight is 553 g/mol. The topological polar surface area (TPSA) is 139 Å². The average Bonchev–Trinajstić information content (AvgIpc) is 2.88. The van der Waals surface area contributed by atoms with Crippen molar-refractivity contribution in [2.45, 2.75) is 38.5 Å². The first-order chi connectivity index (χ1) is 17.8. The van der Waals surface area contributed by atoms with Crippen LogP contribution in [0.25, 0.3) is 0 Å². The number of nitriles is 1. The molecule has 0 aromatic heterocycles. The van der Waals surface area contributed by atoms with Gasteiger partial charge < -0.3 is 23.8 Å².